The zero-order valence-electron chi connectivity index (χ0n) is 12.8. The summed E-state index contributed by atoms with van der Waals surface area (Å²) in [6.45, 7) is -0.392. The van der Waals surface area contributed by atoms with Crippen molar-refractivity contribution in [3.8, 4) is 0 Å². The van der Waals surface area contributed by atoms with E-state index < -0.39 is 29.9 Å². The van der Waals surface area contributed by atoms with Crippen molar-refractivity contribution in [1.82, 2.24) is 18.9 Å². The number of rotatable bonds is 2. The van der Waals surface area contributed by atoms with E-state index >= 15 is 0 Å². The van der Waals surface area contributed by atoms with Gasteiger partial charge in [-0.15, -0.1) is 0 Å². The van der Waals surface area contributed by atoms with Crippen molar-refractivity contribution in [3.63, 3.8) is 0 Å². The lowest BCUT2D eigenvalue weighted by atomic mass is 10.3. The Kier molecular flexibility index (Phi) is 3.58. The largest absolute Gasteiger partial charge is 0.432 e. The lowest BCUT2D eigenvalue weighted by molar-refractivity contribution is -0.142. The van der Waals surface area contributed by atoms with Gasteiger partial charge in [0.1, 0.15) is 12.2 Å². The Balaban J connectivity index is 2.41. The van der Waals surface area contributed by atoms with Gasteiger partial charge in [0, 0.05) is 20.2 Å². The maximum atomic E-state index is 13.4. The molecule has 1 amide bonds. The van der Waals surface area contributed by atoms with Gasteiger partial charge in [-0.1, -0.05) is 12.1 Å². The SMILES string of the molecule is CN(C)C(=O)Cn1c(=O)cc(C(F)(F)F)n2c3ccccc3nc12. The summed E-state index contributed by atoms with van der Waals surface area (Å²) in [4.78, 5) is 29.5. The summed E-state index contributed by atoms with van der Waals surface area (Å²) in [5.41, 5.74) is -1.53. The highest BCUT2D eigenvalue weighted by Crippen LogP contribution is 2.31. The van der Waals surface area contributed by atoms with Gasteiger partial charge in [0.2, 0.25) is 11.7 Å². The topological polar surface area (TPSA) is 59.6 Å². The van der Waals surface area contributed by atoms with Crippen molar-refractivity contribution < 1.29 is 18.0 Å². The monoisotopic (exact) mass is 338 g/mol. The highest BCUT2D eigenvalue weighted by atomic mass is 19.4. The van der Waals surface area contributed by atoms with E-state index in [0.717, 1.165) is 8.97 Å². The first kappa shape index (κ1) is 16.0. The minimum Gasteiger partial charge on any atom is -0.347 e. The van der Waals surface area contributed by atoms with Crippen LogP contribution >= 0.6 is 0 Å². The van der Waals surface area contributed by atoms with Crippen molar-refractivity contribution >= 4 is 22.7 Å². The van der Waals surface area contributed by atoms with Gasteiger partial charge in [-0.05, 0) is 12.1 Å². The highest BCUT2D eigenvalue weighted by molar-refractivity contribution is 5.81. The second kappa shape index (κ2) is 5.36. The number of carbonyl (C=O) groups is 1. The molecule has 3 rings (SSSR count). The van der Waals surface area contributed by atoms with Gasteiger partial charge < -0.3 is 4.90 Å². The molecule has 0 aliphatic carbocycles. The van der Waals surface area contributed by atoms with Crippen LogP contribution in [0.3, 0.4) is 0 Å². The summed E-state index contributed by atoms with van der Waals surface area (Å²) in [5.74, 6) is -0.642. The lowest BCUT2D eigenvalue weighted by Gasteiger charge is -2.15. The fourth-order valence-corrected chi connectivity index (χ4v) is 2.42. The molecule has 0 saturated heterocycles. The molecule has 1 aromatic carbocycles. The van der Waals surface area contributed by atoms with Gasteiger partial charge in [0.15, 0.2) is 0 Å². The molecular formula is C15H13F3N4O2. The summed E-state index contributed by atoms with van der Waals surface area (Å²) >= 11 is 0. The highest BCUT2D eigenvalue weighted by Gasteiger charge is 2.36. The summed E-state index contributed by atoms with van der Waals surface area (Å²) in [6.07, 6.45) is -4.73. The first-order valence-electron chi connectivity index (χ1n) is 6.98. The molecule has 0 radical (unpaired) electrons. The molecule has 0 bridgehead atoms. The fourth-order valence-electron chi connectivity index (χ4n) is 2.42. The second-order valence-electron chi connectivity index (χ2n) is 5.48. The summed E-state index contributed by atoms with van der Waals surface area (Å²) in [5, 5.41) is 0. The Hall–Kier alpha value is -2.84. The smallest absolute Gasteiger partial charge is 0.347 e. The predicted molar refractivity (Wildman–Crippen MR) is 80.7 cm³/mol. The van der Waals surface area contributed by atoms with Crippen molar-refractivity contribution in [1.29, 1.82) is 0 Å². The van der Waals surface area contributed by atoms with Gasteiger partial charge in [-0.25, -0.2) is 4.98 Å². The van der Waals surface area contributed by atoms with Crippen molar-refractivity contribution in [2.75, 3.05) is 14.1 Å². The van der Waals surface area contributed by atoms with E-state index in [2.05, 4.69) is 4.98 Å². The fraction of sp³-hybridized carbons (Fsp3) is 0.267. The number of halogens is 3. The van der Waals surface area contributed by atoms with Crippen LogP contribution in [0.15, 0.2) is 35.1 Å². The van der Waals surface area contributed by atoms with Crippen LogP contribution in [0.2, 0.25) is 0 Å². The van der Waals surface area contributed by atoms with Gasteiger partial charge in [0.25, 0.3) is 5.56 Å². The van der Waals surface area contributed by atoms with E-state index in [-0.39, 0.29) is 11.3 Å². The zero-order chi connectivity index (χ0) is 17.6. The standard InChI is InChI=1S/C15H13F3N4O2/c1-20(2)13(24)8-21-12(23)7-11(15(16,17)18)22-10-6-4-3-5-9(10)19-14(21)22/h3-7H,8H2,1-2H3. The first-order chi connectivity index (χ1) is 11.2. The second-order valence-corrected chi connectivity index (χ2v) is 5.48. The van der Waals surface area contributed by atoms with Gasteiger partial charge in [0.05, 0.1) is 11.0 Å². The van der Waals surface area contributed by atoms with Crippen LogP contribution in [0.5, 0.6) is 0 Å². The number of hydrogen-bond donors (Lipinski definition) is 0. The number of hydrogen-bond acceptors (Lipinski definition) is 3. The van der Waals surface area contributed by atoms with Crippen LogP contribution in [0.4, 0.5) is 13.2 Å². The van der Waals surface area contributed by atoms with E-state index in [9.17, 15) is 22.8 Å². The van der Waals surface area contributed by atoms with E-state index in [1.165, 1.54) is 25.1 Å². The van der Waals surface area contributed by atoms with Crippen LogP contribution < -0.4 is 5.56 Å². The molecule has 0 unspecified atom stereocenters. The minimum absolute atomic E-state index is 0.214. The van der Waals surface area contributed by atoms with Crippen molar-refractivity contribution in [3.05, 3.63) is 46.4 Å². The Morgan fingerprint density at radius 1 is 1.25 bits per heavy atom. The molecule has 0 aliphatic heterocycles. The molecule has 126 valence electrons. The third-order valence-corrected chi connectivity index (χ3v) is 3.63. The number of carbonyl (C=O) groups excluding carboxylic acids is 1. The van der Waals surface area contributed by atoms with Crippen LogP contribution in [0.25, 0.3) is 16.8 Å². The molecule has 0 spiro atoms. The summed E-state index contributed by atoms with van der Waals surface area (Å²) in [6, 6.07) is 6.73. The van der Waals surface area contributed by atoms with Gasteiger partial charge in [-0.2, -0.15) is 13.2 Å². The number of nitrogens with zero attached hydrogens (tertiary/aromatic N) is 4. The molecule has 0 atom stereocenters. The van der Waals surface area contributed by atoms with Crippen LogP contribution in [-0.4, -0.2) is 38.9 Å². The predicted octanol–water partition coefficient (Wildman–Crippen LogP) is 1.76. The van der Waals surface area contributed by atoms with Gasteiger partial charge >= 0.3 is 6.18 Å². The molecule has 3 aromatic rings. The first-order valence-corrected chi connectivity index (χ1v) is 6.98. The third kappa shape index (κ3) is 2.51. The quantitative estimate of drug-likeness (QED) is 0.715. The van der Waals surface area contributed by atoms with Crippen LogP contribution in [0.1, 0.15) is 5.69 Å². The van der Waals surface area contributed by atoms with Crippen LogP contribution in [0, 0.1) is 0 Å². The molecule has 0 saturated carbocycles. The third-order valence-electron chi connectivity index (χ3n) is 3.63. The number of amides is 1. The number of imidazole rings is 1. The average Bonchev–Trinajstić information content (AvgIpc) is 2.87. The molecule has 0 N–H and O–H groups in total. The Labute approximate surface area is 133 Å². The minimum atomic E-state index is -4.73. The van der Waals surface area contributed by atoms with E-state index in [4.69, 9.17) is 0 Å². The molecule has 6 nitrogen and oxygen atoms in total. The number of fused-ring (bicyclic) bond motifs is 3. The lowest BCUT2D eigenvalue weighted by Crippen LogP contribution is -2.33. The Bertz CT molecular complexity index is 1000. The molecule has 0 fully saturated rings. The van der Waals surface area contributed by atoms with Crippen LogP contribution in [-0.2, 0) is 17.5 Å². The Morgan fingerprint density at radius 3 is 2.54 bits per heavy atom. The normalized spacial score (nSPS) is 12.0. The molecule has 0 aliphatic rings. The maximum Gasteiger partial charge on any atom is 0.432 e. The maximum absolute atomic E-state index is 13.4. The molecule has 2 heterocycles. The number of benzene rings is 1. The number of aromatic nitrogens is 3. The summed E-state index contributed by atoms with van der Waals surface area (Å²) in [7, 11) is 2.99. The zero-order valence-corrected chi connectivity index (χ0v) is 12.8. The van der Waals surface area contributed by atoms with Gasteiger partial charge in [-0.3, -0.25) is 18.6 Å². The molecular weight excluding hydrogens is 325 g/mol. The van der Waals surface area contributed by atoms with E-state index in [1.54, 1.807) is 18.2 Å². The van der Waals surface area contributed by atoms with Crippen molar-refractivity contribution in [2.45, 2.75) is 12.7 Å². The summed E-state index contributed by atoms with van der Waals surface area (Å²) < 4.78 is 41.9. The molecule has 9 heteroatoms. The van der Waals surface area contributed by atoms with E-state index in [1.807, 2.05) is 0 Å². The molecule has 24 heavy (non-hydrogen) atoms. The molecule has 2 aromatic heterocycles. The number of likely N-dealkylation sites (N-methyl/N-ethyl adjacent to an activating group) is 1. The number of alkyl halides is 3. The average molecular weight is 338 g/mol. The number of para-hydroxylation sites is 2. The van der Waals surface area contributed by atoms with Crippen molar-refractivity contribution in [2.24, 2.45) is 0 Å². The van der Waals surface area contributed by atoms with E-state index in [0.29, 0.717) is 11.6 Å². The Morgan fingerprint density at radius 2 is 1.92 bits per heavy atom.